The number of nitrogens with one attached hydrogen (secondary N) is 3. The number of carbonyl (C=O) groups is 2. The van der Waals surface area contributed by atoms with Gasteiger partial charge in [0.25, 0.3) is 0 Å². The van der Waals surface area contributed by atoms with E-state index in [-0.39, 0.29) is 29.8 Å². The summed E-state index contributed by atoms with van der Waals surface area (Å²) in [4.78, 5) is 45.8. The number of unbranched alkanes of at least 4 members (excludes halogenated alkanes) is 1. The molecule has 0 radical (unpaired) electrons. The van der Waals surface area contributed by atoms with E-state index in [1.807, 2.05) is 90.6 Å². The maximum Gasteiger partial charge on any atom is 0.407 e. The van der Waals surface area contributed by atoms with Gasteiger partial charge < -0.3 is 49.8 Å². The Morgan fingerprint density at radius 3 is 2.40 bits per heavy atom. The van der Waals surface area contributed by atoms with Crippen LogP contribution in [0.3, 0.4) is 0 Å². The third-order valence-corrected chi connectivity index (χ3v) is 13.7. The van der Waals surface area contributed by atoms with Crippen molar-refractivity contribution < 1.29 is 33.3 Å². The quantitative estimate of drug-likeness (QED) is 0.0623. The highest BCUT2D eigenvalue weighted by Gasteiger charge is 2.39. The Morgan fingerprint density at radius 1 is 0.940 bits per heavy atom. The molecule has 3 aromatic heterocycles. The van der Waals surface area contributed by atoms with Gasteiger partial charge in [-0.15, -0.1) is 0 Å². The molecule has 0 spiro atoms. The average Bonchev–Trinajstić information content (AvgIpc) is 4.19. The number of likely N-dealkylation sites (tertiary alicyclic amines) is 2. The van der Waals surface area contributed by atoms with E-state index in [4.69, 9.17) is 29.9 Å². The van der Waals surface area contributed by atoms with Crippen LogP contribution < -0.4 is 20.5 Å². The van der Waals surface area contributed by atoms with Gasteiger partial charge in [0.1, 0.15) is 35.2 Å². The Hall–Kier alpha value is -6.23. The second-order valence-corrected chi connectivity index (χ2v) is 18.8. The van der Waals surface area contributed by atoms with Gasteiger partial charge >= 0.3 is 6.09 Å². The van der Waals surface area contributed by atoms with E-state index >= 15 is 4.39 Å². The van der Waals surface area contributed by atoms with Gasteiger partial charge in [-0.2, -0.15) is 0 Å². The summed E-state index contributed by atoms with van der Waals surface area (Å²) < 4.78 is 36.8. The molecule has 6 atom stereocenters. The highest BCUT2D eigenvalue weighted by molar-refractivity contribution is 5.92. The topological polar surface area (TPSA) is 189 Å². The van der Waals surface area contributed by atoms with Gasteiger partial charge in [-0.1, -0.05) is 59.2 Å². The van der Waals surface area contributed by atoms with Crippen LogP contribution in [0.15, 0.2) is 73.1 Å². The number of aliphatic hydroxyl groups excluding tert-OH is 1. The number of aromatic amines is 2. The third kappa shape index (κ3) is 8.89. The summed E-state index contributed by atoms with van der Waals surface area (Å²) in [5.74, 6) is 1.87. The van der Waals surface area contributed by atoms with Gasteiger partial charge in [-0.05, 0) is 86.4 Å². The Balaban J connectivity index is 1.06. The van der Waals surface area contributed by atoms with E-state index in [2.05, 4.69) is 28.3 Å². The first-order valence-electron chi connectivity index (χ1n) is 23.7. The van der Waals surface area contributed by atoms with Gasteiger partial charge in [0.15, 0.2) is 0 Å². The number of rotatable bonds is 15. The Morgan fingerprint density at radius 2 is 1.67 bits per heavy atom. The molecule has 2 fully saturated rings. The monoisotopic (exact) mass is 915 g/mol. The lowest BCUT2D eigenvalue weighted by Crippen LogP contribution is -2.54. The number of methoxy groups -OCH3 is 1. The zero-order valence-electron chi connectivity index (χ0n) is 39.1. The lowest BCUT2D eigenvalue weighted by atomic mass is 10.0. The van der Waals surface area contributed by atoms with Crippen molar-refractivity contribution in [2.24, 2.45) is 17.6 Å². The molecule has 67 heavy (non-hydrogen) atoms. The van der Waals surface area contributed by atoms with Crippen molar-refractivity contribution in [2.75, 3.05) is 26.8 Å². The zero-order valence-corrected chi connectivity index (χ0v) is 39.1. The summed E-state index contributed by atoms with van der Waals surface area (Å²) in [5, 5.41) is 15.2. The number of fused-ring (bicyclic) bond motifs is 5. The predicted octanol–water partition coefficient (Wildman–Crippen LogP) is 8.83. The number of nitrogens with two attached hydrogens (primary N) is 1. The molecule has 0 aliphatic carbocycles. The fourth-order valence-corrected chi connectivity index (χ4v) is 9.89. The van der Waals surface area contributed by atoms with Crippen molar-refractivity contribution in [1.82, 2.24) is 39.6 Å². The van der Waals surface area contributed by atoms with Crippen LogP contribution in [0.4, 0.5) is 9.18 Å². The van der Waals surface area contributed by atoms with Crippen molar-refractivity contribution in [3.63, 3.8) is 0 Å². The molecule has 0 saturated carbocycles. The van der Waals surface area contributed by atoms with E-state index < -0.39 is 36.4 Å². The van der Waals surface area contributed by atoms with Gasteiger partial charge in [-0.25, -0.2) is 19.2 Å². The number of imidazole rings is 2. The number of alkyl carbamates (subject to hydrolysis) is 1. The predicted molar refractivity (Wildman–Crippen MR) is 253 cm³/mol. The fourth-order valence-electron chi connectivity index (χ4n) is 9.89. The Kier molecular flexibility index (Phi) is 13.1. The van der Waals surface area contributed by atoms with Crippen LogP contribution >= 0.6 is 0 Å². The SMILES string of the molecule is CCCCOc1cccc(C2Oc3cc(-c4cnc(C5CCCN5C(=O)C(N)C(C)C)[nH]4)cc(F)c3-c3cc4cc(-c5cnc(C6CCCN6C(O)C(NC(=O)OC)C(C)C)[nH]5)ccc4n32)c1. The van der Waals surface area contributed by atoms with Crippen LogP contribution in [-0.2, 0) is 9.53 Å². The maximum atomic E-state index is 16.9. The molecule has 2 saturated heterocycles. The van der Waals surface area contributed by atoms with Gasteiger partial charge in [0.05, 0.1) is 78.4 Å². The molecule has 3 aromatic carbocycles. The molecule has 6 heterocycles. The number of amides is 2. The Bertz CT molecular complexity index is 2750. The second kappa shape index (κ2) is 19.2. The fraction of sp³-hybridized carbons (Fsp3) is 0.451. The largest absolute Gasteiger partial charge is 0.494 e. The highest BCUT2D eigenvalue weighted by Crippen LogP contribution is 2.48. The standard InChI is InChI=1S/C51H62FN9O6/c1-7-8-20-66-34-13-9-12-31(22-34)50-61-38-17-16-30(36-26-54-47(56-36)40-15-11-19-60(40)49(63)45(29(4)5)58-51(64)65-6)21-33(38)24-41(61)43-35(52)23-32(25-42(43)67-50)37-27-55-46(57-37)39-14-10-18-59(39)48(62)44(53)28(2)3/h9,12-13,16-17,21-29,39-40,44-45,49-50,63H,7-8,10-11,14-15,18-20,53H2,1-6H3,(H,54,56)(H,55,57)(H,58,64). The molecular weight excluding hydrogens is 854 g/mol. The van der Waals surface area contributed by atoms with Crippen LogP contribution in [0.25, 0.3) is 44.7 Å². The average molecular weight is 916 g/mol. The summed E-state index contributed by atoms with van der Waals surface area (Å²) in [6.45, 7) is 11.8. The highest BCUT2D eigenvalue weighted by atomic mass is 19.1. The van der Waals surface area contributed by atoms with E-state index in [1.54, 1.807) is 12.4 Å². The number of halogens is 1. The van der Waals surface area contributed by atoms with Crippen LogP contribution in [0, 0.1) is 17.7 Å². The molecular formula is C51H62FN9O6. The van der Waals surface area contributed by atoms with Crippen LogP contribution in [0.5, 0.6) is 11.5 Å². The first-order chi connectivity index (χ1) is 32.3. The molecule has 15 nitrogen and oxygen atoms in total. The van der Waals surface area contributed by atoms with E-state index in [0.29, 0.717) is 53.8 Å². The number of hydrogen-bond acceptors (Lipinski definition) is 10. The van der Waals surface area contributed by atoms with Crippen molar-refractivity contribution in [1.29, 1.82) is 0 Å². The molecule has 6 N–H and O–H groups in total. The van der Waals surface area contributed by atoms with Crippen LogP contribution in [0.2, 0.25) is 0 Å². The molecule has 0 bridgehead atoms. The number of hydrogen-bond donors (Lipinski definition) is 5. The molecule has 6 aromatic rings. The smallest absolute Gasteiger partial charge is 0.407 e. The van der Waals surface area contributed by atoms with E-state index in [1.165, 1.54) is 13.2 Å². The van der Waals surface area contributed by atoms with Crippen LogP contribution in [0.1, 0.15) is 109 Å². The maximum absolute atomic E-state index is 16.9. The first-order valence-corrected chi connectivity index (χ1v) is 23.7. The lowest BCUT2D eigenvalue weighted by molar-refractivity contribution is -0.134. The zero-order chi connectivity index (χ0) is 47.1. The number of benzene rings is 3. The van der Waals surface area contributed by atoms with Gasteiger partial charge in [-0.3, -0.25) is 9.69 Å². The minimum Gasteiger partial charge on any atom is -0.494 e. The molecule has 3 aliphatic rings. The summed E-state index contributed by atoms with van der Waals surface area (Å²) in [7, 11) is 1.31. The first kappa shape index (κ1) is 45.9. The summed E-state index contributed by atoms with van der Waals surface area (Å²) in [6.07, 6.45) is 6.45. The summed E-state index contributed by atoms with van der Waals surface area (Å²) >= 11 is 0. The van der Waals surface area contributed by atoms with Crippen molar-refractivity contribution >= 4 is 22.9 Å². The van der Waals surface area contributed by atoms with Gasteiger partial charge in [0.2, 0.25) is 12.1 Å². The normalized spacial score (nSPS) is 19.6. The molecule has 354 valence electrons. The molecule has 9 rings (SSSR count). The van der Waals surface area contributed by atoms with E-state index in [9.17, 15) is 14.7 Å². The number of aromatic nitrogens is 5. The minimum atomic E-state index is -0.951. The second-order valence-electron chi connectivity index (χ2n) is 18.8. The summed E-state index contributed by atoms with van der Waals surface area (Å²) in [6, 6.07) is 17.8. The number of H-pyrrole nitrogens is 2. The molecule has 2 amide bonds. The van der Waals surface area contributed by atoms with Crippen LogP contribution in [-0.4, -0.2) is 96.5 Å². The third-order valence-electron chi connectivity index (χ3n) is 13.7. The summed E-state index contributed by atoms with van der Waals surface area (Å²) in [5.41, 5.74) is 11.8. The van der Waals surface area contributed by atoms with Crippen molar-refractivity contribution in [3.8, 4) is 45.3 Å². The lowest BCUT2D eigenvalue weighted by Gasteiger charge is -2.35. The van der Waals surface area contributed by atoms with E-state index in [0.717, 1.165) is 77.8 Å². The molecule has 3 aliphatic heterocycles. The van der Waals surface area contributed by atoms with Crippen molar-refractivity contribution in [3.05, 3.63) is 96.1 Å². The number of ether oxygens (including phenoxy) is 3. The van der Waals surface area contributed by atoms with Gasteiger partial charge in [0, 0.05) is 35.2 Å². The number of aliphatic hydroxyl groups is 1. The minimum absolute atomic E-state index is 0.00345. The van der Waals surface area contributed by atoms with Crippen molar-refractivity contribution in [2.45, 2.75) is 110 Å². The number of nitrogens with zero attached hydrogens (tertiary/aromatic N) is 5. The number of carbonyl (C=O) groups excluding carboxylic acids is 2. The molecule has 16 heteroatoms. The Labute approximate surface area is 390 Å². The molecule has 6 unspecified atom stereocenters.